The molecule has 0 aliphatic carbocycles. The van der Waals surface area contributed by atoms with E-state index in [4.69, 9.17) is 0 Å². The molecular weight excluding hydrogens is 345 g/mol. The van der Waals surface area contributed by atoms with E-state index in [1.807, 2.05) is 24.1 Å². The van der Waals surface area contributed by atoms with Gasteiger partial charge < -0.3 is 10.3 Å². The Balaban J connectivity index is 1.49. The van der Waals surface area contributed by atoms with E-state index >= 15 is 0 Å². The smallest absolute Gasteiger partial charge is 0.253 e. The van der Waals surface area contributed by atoms with Crippen LogP contribution in [0.1, 0.15) is 16.7 Å². The first-order valence-electron chi connectivity index (χ1n) is 8.87. The first-order valence-corrected chi connectivity index (χ1v) is 8.87. The van der Waals surface area contributed by atoms with E-state index in [-0.39, 0.29) is 24.1 Å². The molecule has 6 heteroatoms. The summed E-state index contributed by atoms with van der Waals surface area (Å²) < 4.78 is 13.3. The Labute approximate surface area is 155 Å². The van der Waals surface area contributed by atoms with Gasteiger partial charge in [-0.3, -0.25) is 14.5 Å². The number of fused-ring (bicyclic) bond motifs is 2. The number of nitrogens with zero attached hydrogens (tertiary/aromatic N) is 1. The van der Waals surface area contributed by atoms with E-state index in [0.717, 1.165) is 11.9 Å². The van der Waals surface area contributed by atoms with Gasteiger partial charge >= 0.3 is 0 Å². The quantitative estimate of drug-likeness (QED) is 0.749. The second kappa shape index (κ2) is 6.96. The van der Waals surface area contributed by atoms with Crippen molar-refractivity contribution in [2.24, 2.45) is 0 Å². The third kappa shape index (κ3) is 3.48. The SMILES string of the molecule is CN1Cc2ccccc2C[C@H]1C(=O)NCc1cc2ccc(F)cc2[nH]c1=O. The average molecular weight is 365 g/mol. The number of amides is 1. The molecule has 1 aliphatic heterocycles. The van der Waals surface area contributed by atoms with E-state index in [1.54, 1.807) is 12.1 Å². The van der Waals surface area contributed by atoms with Crippen molar-refractivity contribution in [2.45, 2.75) is 25.6 Å². The van der Waals surface area contributed by atoms with Crippen molar-refractivity contribution in [3.05, 3.63) is 81.4 Å². The number of benzene rings is 2. The van der Waals surface area contributed by atoms with Gasteiger partial charge in [0.15, 0.2) is 0 Å². The standard InChI is InChI=1S/C21H20FN3O2/c1-25-12-15-5-3-2-4-13(15)9-19(25)21(27)23-11-16-8-14-6-7-17(22)10-18(14)24-20(16)26/h2-8,10,19H,9,11-12H2,1H3,(H,23,27)(H,24,26)/t19-/m0/s1. The lowest BCUT2D eigenvalue weighted by Gasteiger charge is -2.33. The van der Waals surface area contributed by atoms with Crippen LogP contribution >= 0.6 is 0 Å². The molecule has 4 rings (SSSR count). The number of nitrogens with one attached hydrogen (secondary N) is 2. The predicted molar refractivity (Wildman–Crippen MR) is 102 cm³/mol. The molecule has 0 fully saturated rings. The van der Waals surface area contributed by atoms with E-state index in [1.165, 1.54) is 23.3 Å². The van der Waals surface area contributed by atoms with Crippen molar-refractivity contribution in [2.75, 3.05) is 7.05 Å². The molecular formula is C21H20FN3O2. The fraction of sp³-hybridized carbons (Fsp3) is 0.238. The van der Waals surface area contributed by atoms with Gasteiger partial charge in [0.2, 0.25) is 5.91 Å². The molecule has 3 aromatic rings. The number of carbonyl (C=O) groups excluding carboxylic acids is 1. The van der Waals surface area contributed by atoms with Crippen molar-refractivity contribution in [3.63, 3.8) is 0 Å². The molecule has 0 bridgehead atoms. The summed E-state index contributed by atoms with van der Waals surface area (Å²) in [6.45, 7) is 0.851. The van der Waals surface area contributed by atoms with Crippen molar-refractivity contribution in [1.29, 1.82) is 0 Å². The molecule has 2 aromatic carbocycles. The highest BCUT2D eigenvalue weighted by Crippen LogP contribution is 2.22. The van der Waals surface area contributed by atoms with Gasteiger partial charge in [0.1, 0.15) is 5.82 Å². The van der Waals surface area contributed by atoms with Gasteiger partial charge in [0, 0.05) is 18.7 Å². The van der Waals surface area contributed by atoms with E-state index in [0.29, 0.717) is 17.5 Å². The Morgan fingerprint density at radius 3 is 2.81 bits per heavy atom. The Hall–Kier alpha value is -2.99. The molecule has 0 saturated heterocycles. The monoisotopic (exact) mass is 365 g/mol. The van der Waals surface area contributed by atoms with Crippen LogP contribution < -0.4 is 10.9 Å². The zero-order valence-electron chi connectivity index (χ0n) is 15.0. The van der Waals surface area contributed by atoms with Gasteiger partial charge in [-0.25, -0.2) is 4.39 Å². The molecule has 0 radical (unpaired) electrons. The van der Waals surface area contributed by atoms with Gasteiger partial charge in [-0.1, -0.05) is 24.3 Å². The molecule has 1 amide bonds. The minimum atomic E-state index is -0.403. The second-order valence-electron chi connectivity index (χ2n) is 6.98. The topological polar surface area (TPSA) is 65.2 Å². The van der Waals surface area contributed by atoms with Crippen LogP contribution in [-0.2, 0) is 24.3 Å². The molecule has 0 spiro atoms. The van der Waals surface area contributed by atoms with Gasteiger partial charge in [-0.05, 0) is 54.2 Å². The average Bonchev–Trinajstić information content (AvgIpc) is 2.65. The minimum absolute atomic E-state index is 0.106. The number of halogens is 1. The lowest BCUT2D eigenvalue weighted by molar-refractivity contribution is -0.126. The van der Waals surface area contributed by atoms with Crippen molar-refractivity contribution < 1.29 is 9.18 Å². The highest BCUT2D eigenvalue weighted by Gasteiger charge is 2.28. The number of H-pyrrole nitrogens is 1. The van der Waals surface area contributed by atoms with Crippen LogP contribution in [0.25, 0.3) is 10.9 Å². The van der Waals surface area contributed by atoms with Crippen LogP contribution in [0.5, 0.6) is 0 Å². The van der Waals surface area contributed by atoms with E-state index < -0.39 is 5.82 Å². The number of hydrogen-bond donors (Lipinski definition) is 2. The molecule has 138 valence electrons. The van der Waals surface area contributed by atoms with Crippen molar-refractivity contribution >= 4 is 16.8 Å². The number of aromatic nitrogens is 1. The molecule has 2 heterocycles. The lowest BCUT2D eigenvalue weighted by atomic mass is 9.94. The Bertz CT molecular complexity index is 1080. The number of aromatic amines is 1. The molecule has 5 nitrogen and oxygen atoms in total. The van der Waals surface area contributed by atoms with Crippen molar-refractivity contribution in [3.8, 4) is 0 Å². The summed E-state index contributed by atoms with van der Waals surface area (Å²) in [5.41, 5.74) is 2.99. The summed E-state index contributed by atoms with van der Waals surface area (Å²) >= 11 is 0. The fourth-order valence-electron chi connectivity index (χ4n) is 3.60. The first kappa shape index (κ1) is 17.4. The largest absolute Gasteiger partial charge is 0.350 e. The maximum Gasteiger partial charge on any atom is 0.253 e. The van der Waals surface area contributed by atoms with Crippen LogP contribution in [0.15, 0.2) is 53.3 Å². The predicted octanol–water partition coefficient (Wildman–Crippen LogP) is 2.34. The summed E-state index contributed by atoms with van der Waals surface area (Å²) in [6, 6.07) is 13.8. The molecule has 0 unspecified atom stereocenters. The molecule has 2 N–H and O–H groups in total. The van der Waals surface area contributed by atoms with Crippen molar-refractivity contribution in [1.82, 2.24) is 15.2 Å². The third-order valence-electron chi connectivity index (χ3n) is 5.12. The lowest BCUT2D eigenvalue weighted by Crippen LogP contribution is -2.48. The van der Waals surface area contributed by atoms with E-state index in [9.17, 15) is 14.0 Å². The molecule has 1 atom stereocenters. The Morgan fingerprint density at radius 1 is 1.22 bits per heavy atom. The summed E-state index contributed by atoms with van der Waals surface area (Å²) in [7, 11) is 1.93. The maximum atomic E-state index is 13.3. The van der Waals surface area contributed by atoms with Gasteiger partial charge in [-0.15, -0.1) is 0 Å². The van der Waals surface area contributed by atoms with Gasteiger partial charge in [-0.2, -0.15) is 0 Å². The summed E-state index contributed by atoms with van der Waals surface area (Å²) in [5.74, 6) is -0.509. The van der Waals surface area contributed by atoms with Crippen LogP contribution in [0.4, 0.5) is 4.39 Å². The summed E-state index contributed by atoms with van der Waals surface area (Å²) in [6.07, 6.45) is 0.645. The van der Waals surface area contributed by atoms with Crippen LogP contribution in [-0.4, -0.2) is 28.9 Å². The molecule has 27 heavy (non-hydrogen) atoms. The summed E-state index contributed by atoms with van der Waals surface area (Å²) in [4.78, 5) is 29.6. The number of hydrogen-bond acceptors (Lipinski definition) is 3. The number of pyridine rings is 1. The second-order valence-corrected chi connectivity index (χ2v) is 6.98. The van der Waals surface area contributed by atoms with Gasteiger partial charge in [0.25, 0.3) is 5.56 Å². The van der Waals surface area contributed by atoms with E-state index in [2.05, 4.69) is 22.4 Å². The fourth-order valence-corrected chi connectivity index (χ4v) is 3.60. The zero-order chi connectivity index (χ0) is 19.0. The highest BCUT2D eigenvalue weighted by atomic mass is 19.1. The maximum absolute atomic E-state index is 13.3. The third-order valence-corrected chi connectivity index (χ3v) is 5.12. The normalized spacial score (nSPS) is 16.9. The Morgan fingerprint density at radius 2 is 2.00 bits per heavy atom. The van der Waals surface area contributed by atoms with Gasteiger partial charge in [0.05, 0.1) is 11.6 Å². The highest BCUT2D eigenvalue weighted by molar-refractivity contribution is 5.83. The first-order chi connectivity index (χ1) is 13.0. The zero-order valence-corrected chi connectivity index (χ0v) is 15.0. The van der Waals surface area contributed by atoms with Crippen LogP contribution in [0, 0.1) is 5.82 Å². The van der Waals surface area contributed by atoms with Crippen LogP contribution in [0.3, 0.4) is 0 Å². The van der Waals surface area contributed by atoms with Crippen LogP contribution in [0.2, 0.25) is 0 Å². The molecule has 1 aromatic heterocycles. The molecule has 0 saturated carbocycles. The summed E-state index contributed by atoms with van der Waals surface area (Å²) in [5, 5.41) is 3.60. The Kier molecular flexibility index (Phi) is 4.49. The number of carbonyl (C=O) groups is 1. The molecule has 1 aliphatic rings. The number of likely N-dealkylation sites (N-methyl/N-ethyl adjacent to an activating group) is 1. The minimum Gasteiger partial charge on any atom is -0.350 e. The number of rotatable bonds is 3.